The van der Waals surface area contributed by atoms with Crippen LogP contribution < -0.4 is 15.8 Å². The molecule has 1 aromatic carbocycles. The predicted molar refractivity (Wildman–Crippen MR) is 112 cm³/mol. The average molecular weight is 412 g/mol. The Hall–Kier alpha value is -1.61. The molecule has 0 aromatic heterocycles. The van der Waals surface area contributed by atoms with Crippen LogP contribution in [0.3, 0.4) is 0 Å². The molecule has 2 fully saturated rings. The van der Waals surface area contributed by atoms with Gasteiger partial charge in [-0.1, -0.05) is 17.5 Å². The second-order valence-corrected chi connectivity index (χ2v) is 7.62. The van der Waals surface area contributed by atoms with Gasteiger partial charge in [0.25, 0.3) is 5.91 Å². The highest BCUT2D eigenvalue weighted by Crippen LogP contribution is 2.35. The van der Waals surface area contributed by atoms with Crippen molar-refractivity contribution in [1.29, 1.82) is 0 Å². The fraction of sp³-hybridized carbons (Fsp3) is 0.550. The topological polar surface area (TPSA) is 67.6 Å². The van der Waals surface area contributed by atoms with Gasteiger partial charge in [-0.3, -0.25) is 4.79 Å². The molecule has 3 N–H and O–H groups in total. The molecule has 0 unspecified atom stereocenters. The van der Waals surface area contributed by atoms with Crippen molar-refractivity contribution in [2.24, 2.45) is 0 Å². The number of ether oxygens (including phenoxy) is 1. The minimum Gasteiger partial charge on any atom is -0.477 e. The van der Waals surface area contributed by atoms with Gasteiger partial charge < -0.3 is 20.7 Å². The van der Waals surface area contributed by atoms with E-state index in [0.29, 0.717) is 34.1 Å². The van der Waals surface area contributed by atoms with Gasteiger partial charge in [0.2, 0.25) is 0 Å². The first-order valence-corrected chi connectivity index (χ1v) is 9.47. The van der Waals surface area contributed by atoms with E-state index in [1.165, 1.54) is 12.8 Å². The van der Waals surface area contributed by atoms with Crippen molar-refractivity contribution < 1.29 is 9.53 Å². The zero-order valence-corrected chi connectivity index (χ0v) is 17.5. The summed E-state index contributed by atoms with van der Waals surface area (Å²) in [5.41, 5.74) is 6.68. The van der Waals surface area contributed by atoms with Crippen LogP contribution in [0.2, 0.25) is 5.02 Å². The van der Waals surface area contributed by atoms with E-state index in [-0.39, 0.29) is 30.5 Å². The summed E-state index contributed by atoms with van der Waals surface area (Å²) in [5.74, 6) is 5.97. The zero-order valence-electron chi connectivity index (χ0n) is 15.9. The van der Waals surface area contributed by atoms with Gasteiger partial charge in [-0.2, -0.15) is 0 Å². The molecule has 27 heavy (non-hydrogen) atoms. The van der Waals surface area contributed by atoms with Gasteiger partial charge in [0.1, 0.15) is 5.75 Å². The summed E-state index contributed by atoms with van der Waals surface area (Å²) in [6.07, 6.45) is 4.04. The van der Waals surface area contributed by atoms with E-state index >= 15 is 0 Å². The van der Waals surface area contributed by atoms with Crippen LogP contribution in [0.4, 0.5) is 5.69 Å². The Balaban J connectivity index is 0.00000261. The Morgan fingerprint density at radius 1 is 1.37 bits per heavy atom. The summed E-state index contributed by atoms with van der Waals surface area (Å²) >= 11 is 6.15. The Kier molecular flexibility index (Phi) is 7.27. The fourth-order valence-electron chi connectivity index (χ4n) is 4.06. The summed E-state index contributed by atoms with van der Waals surface area (Å²) in [7, 11) is 2.18. The van der Waals surface area contributed by atoms with E-state index in [4.69, 9.17) is 22.1 Å². The number of carbonyl (C=O) groups is 1. The highest BCUT2D eigenvalue weighted by Gasteiger charge is 2.39. The molecular weight excluding hydrogens is 385 g/mol. The lowest BCUT2D eigenvalue weighted by Gasteiger charge is -2.36. The van der Waals surface area contributed by atoms with Crippen LogP contribution in [0.15, 0.2) is 12.1 Å². The minimum atomic E-state index is -0.341. The molecule has 0 spiro atoms. The summed E-state index contributed by atoms with van der Waals surface area (Å²) in [6, 6.07) is 4.48. The Labute approximate surface area is 172 Å². The summed E-state index contributed by atoms with van der Waals surface area (Å²) in [5, 5.41) is 3.52. The first kappa shape index (κ1) is 21.7. The smallest absolute Gasteiger partial charge is 0.255 e. The third kappa shape index (κ3) is 4.82. The van der Waals surface area contributed by atoms with E-state index in [1.807, 2.05) is 6.92 Å². The lowest BCUT2D eigenvalue weighted by molar-refractivity contribution is 0.0878. The van der Waals surface area contributed by atoms with Crippen LogP contribution in [0.25, 0.3) is 0 Å². The molecule has 0 aliphatic carbocycles. The van der Waals surface area contributed by atoms with Gasteiger partial charge >= 0.3 is 0 Å². The van der Waals surface area contributed by atoms with Crippen molar-refractivity contribution in [3.63, 3.8) is 0 Å². The summed E-state index contributed by atoms with van der Waals surface area (Å²) < 4.78 is 5.82. The van der Waals surface area contributed by atoms with Gasteiger partial charge in [0, 0.05) is 24.2 Å². The van der Waals surface area contributed by atoms with Crippen molar-refractivity contribution in [2.75, 3.05) is 12.8 Å². The first-order chi connectivity index (χ1) is 12.4. The molecule has 148 valence electrons. The molecule has 5 nitrogen and oxygen atoms in total. The number of hydrogen-bond donors (Lipinski definition) is 2. The number of nitrogens with two attached hydrogens (primary N) is 1. The molecule has 0 saturated carbocycles. The molecule has 1 amide bonds. The largest absolute Gasteiger partial charge is 0.477 e. The first-order valence-electron chi connectivity index (χ1n) is 9.09. The number of nitrogen functional groups attached to an aromatic ring is 1. The average Bonchev–Trinajstić information content (AvgIpc) is 2.80. The Morgan fingerprint density at radius 3 is 2.59 bits per heavy atom. The molecule has 3 atom stereocenters. The van der Waals surface area contributed by atoms with Gasteiger partial charge in [-0.25, -0.2) is 0 Å². The molecule has 2 aliphatic heterocycles. The van der Waals surface area contributed by atoms with Gasteiger partial charge in [0.05, 0.1) is 16.3 Å². The Morgan fingerprint density at radius 2 is 2.00 bits per heavy atom. The lowest BCUT2D eigenvalue weighted by Crippen LogP contribution is -2.48. The van der Waals surface area contributed by atoms with Crippen LogP contribution in [-0.4, -0.2) is 42.1 Å². The number of nitrogens with zero attached hydrogens (tertiary/aromatic N) is 1. The van der Waals surface area contributed by atoms with E-state index in [2.05, 4.69) is 29.1 Å². The minimum absolute atomic E-state index is 0. The highest BCUT2D eigenvalue weighted by atomic mass is 35.5. The second-order valence-electron chi connectivity index (χ2n) is 7.22. The standard InChI is InChI=1S/C20H26ClN3O2.ClH/c1-4-5-12(2)26-19-11-18(22)17(21)10-16(19)20(25)23-13-8-14-6-7-15(9-13)24(14)3;/h10-15H,6-9,22H2,1-3H3,(H,23,25);1H/t12-,14-,15-;/m0./s1. The molecule has 0 radical (unpaired) electrons. The number of hydrogen-bond acceptors (Lipinski definition) is 4. The SMILES string of the molecule is CC#C[C@H](C)Oc1cc(N)c(Cl)cc1C(=O)NC1C[C@@H]2CC[C@@H](C1)N2C.Cl. The normalized spacial score (nSPS) is 25.0. The third-order valence-electron chi connectivity index (χ3n) is 5.43. The predicted octanol–water partition coefficient (Wildman–Crippen LogP) is 3.49. The van der Waals surface area contributed by atoms with Crippen LogP contribution in [0.1, 0.15) is 49.9 Å². The number of fused-ring (bicyclic) bond motifs is 2. The maximum atomic E-state index is 12.9. The zero-order chi connectivity index (χ0) is 18.8. The number of amides is 1. The van der Waals surface area contributed by atoms with E-state index in [1.54, 1.807) is 19.1 Å². The van der Waals surface area contributed by atoms with Gasteiger partial charge in [-0.05, 0) is 52.6 Å². The highest BCUT2D eigenvalue weighted by molar-refractivity contribution is 6.33. The van der Waals surface area contributed by atoms with Crippen LogP contribution in [0, 0.1) is 11.8 Å². The molecule has 7 heteroatoms. The number of nitrogens with one attached hydrogen (secondary N) is 1. The summed E-state index contributed by atoms with van der Waals surface area (Å²) in [6.45, 7) is 3.58. The van der Waals surface area contributed by atoms with Gasteiger partial charge in [0.15, 0.2) is 6.10 Å². The van der Waals surface area contributed by atoms with Crippen molar-refractivity contribution in [3.05, 3.63) is 22.7 Å². The molecular formula is C20H27Cl2N3O2. The maximum Gasteiger partial charge on any atom is 0.255 e. The number of benzene rings is 1. The maximum absolute atomic E-state index is 12.9. The van der Waals surface area contributed by atoms with E-state index in [9.17, 15) is 4.79 Å². The molecule has 3 rings (SSSR count). The number of rotatable bonds is 4. The molecule has 2 bridgehead atoms. The number of anilines is 1. The van der Waals surface area contributed by atoms with Crippen molar-refractivity contribution >= 4 is 35.6 Å². The van der Waals surface area contributed by atoms with Crippen molar-refractivity contribution in [3.8, 4) is 17.6 Å². The molecule has 2 heterocycles. The number of halogens is 2. The molecule has 2 saturated heterocycles. The molecule has 2 aliphatic rings. The van der Waals surface area contributed by atoms with E-state index in [0.717, 1.165) is 12.8 Å². The Bertz CT molecular complexity index is 746. The van der Waals surface area contributed by atoms with Crippen molar-refractivity contribution in [2.45, 2.75) is 63.8 Å². The van der Waals surface area contributed by atoms with Crippen LogP contribution >= 0.6 is 24.0 Å². The van der Waals surface area contributed by atoms with E-state index < -0.39 is 0 Å². The summed E-state index contributed by atoms with van der Waals surface area (Å²) in [4.78, 5) is 15.4. The fourth-order valence-corrected chi connectivity index (χ4v) is 4.22. The van der Waals surface area contributed by atoms with Gasteiger partial charge in [-0.15, -0.1) is 18.3 Å². The lowest BCUT2D eigenvalue weighted by atomic mass is 9.97. The second kappa shape index (κ2) is 9.05. The number of carbonyl (C=O) groups excluding carboxylic acids is 1. The molecule has 1 aromatic rings. The van der Waals surface area contributed by atoms with Crippen LogP contribution in [0.5, 0.6) is 5.75 Å². The van der Waals surface area contributed by atoms with Crippen LogP contribution in [-0.2, 0) is 0 Å². The third-order valence-corrected chi connectivity index (χ3v) is 5.76. The quantitative estimate of drug-likeness (QED) is 0.587. The monoisotopic (exact) mass is 411 g/mol. The van der Waals surface area contributed by atoms with Crippen molar-refractivity contribution in [1.82, 2.24) is 10.2 Å². The number of piperidine rings is 1.